The number of alkyl halides is 3. The van der Waals surface area contributed by atoms with Crippen LogP contribution in [0.15, 0.2) is 30.6 Å². The first kappa shape index (κ1) is 16.7. The lowest BCUT2D eigenvalue weighted by Gasteiger charge is -2.21. The summed E-state index contributed by atoms with van der Waals surface area (Å²) in [5.74, 6) is 0.568. The monoisotopic (exact) mass is 336 g/mol. The molecule has 0 N–H and O–H groups in total. The Kier molecular flexibility index (Phi) is 4.73. The molecule has 1 heterocycles. The minimum absolute atomic E-state index is 0.236. The Labute approximate surface area is 138 Å². The molecular formula is C18H19F3N2O. The van der Waals surface area contributed by atoms with Gasteiger partial charge in [-0.15, -0.1) is 0 Å². The van der Waals surface area contributed by atoms with Crippen LogP contribution in [0.3, 0.4) is 0 Å². The van der Waals surface area contributed by atoms with Crippen LogP contribution in [0.25, 0.3) is 11.1 Å². The maximum Gasteiger partial charge on any atom is 0.416 e. The summed E-state index contributed by atoms with van der Waals surface area (Å²) in [6.45, 7) is 0.773. The molecule has 1 aromatic carbocycles. The van der Waals surface area contributed by atoms with E-state index in [9.17, 15) is 18.0 Å². The van der Waals surface area contributed by atoms with Gasteiger partial charge in [0, 0.05) is 23.9 Å². The molecule has 0 radical (unpaired) electrons. The molecular weight excluding hydrogens is 317 g/mol. The van der Waals surface area contributed by atoms with Gasteiger partial charge in [0.05, 0.1) is 11.8 Å². The van der Waals surface area contributed by atoms with Crippen molar-refractivity contribution < 1.29 is 18.0 Å². The van der Waals surface area contributed by atoms with Crippen molar-refractivity contribution in [2.75, 3.05) is 0 Å². The largest absolute Gasteiger partial charge is 0.416 e. The second-order valence-electron chi connectivity index (χ2n) is 6.37. The van der Waals surface area contributed by atoms with Gasteiger partial charge in [0.15, 0.2) is 6.29 Å². The Balaban J connectivity index is 1.87. The van der Waals surface area contributed by atoms with E-state index in [2.05, 4.69) is 5.10 Å². The lowest BCUT2D eigenvalue weighted by molar-refractivity contribution is -0.137. The van der Waals surface area contributed by atoms with E-state index in [1.54, 1.807) is 10.9 Å². The third-order valence-corrected chi connectivity index (χ3v) is 4.62. The molecule has 128 valence electrons. The van der Waals surface area contributed by atoms with Crippen molar-refractivity contribution in [1.82, 2.24) is 9.78 Å². The molecule has 1 saturated carbocycles. The number of benzene rings is 1. The molecule has 0 spiro atoms. The molecule has 2 aromatic rings. The molecule has 0 saturated heterocycles. The summed E-state index contributed by atoms with van der Waals surface area (Å²) in [6, 6.07) is 3.16. The molecule has 0 bridgehead atoms. The van der Waals surface area contributed by atoms with Gasteiger partial charge in [-0.1, -0.05) is 25.3 Å². The minimum Gasteiger partial charge on any atom is -0.298 e. The van der Waals surface area contributed by atoms with Gasteiger partial charge in [0.25, 0.3) is 0 Å². The zero-order valence-corrected chi connectivity index (χ0v) is 13.2. The Bertz CT molecular complexity index is 715. The zero-order valence-electron chi connectivity index (χ0n) is 13.2. The fraction of sp³-hybridized carbons (Fsp3) is 0.444. The molecule has 0 atom stereocenters. The summed E-state index contributed by atoms with van der Waals surface area (Å²) in [5.41, 5.74) is 0.289. The number of rotatable bonds is 4. The summed E-state index contributed by atoms with van der Waals surface area (Å²) in [5, 5.41) is 4.27. The highest BCUT2D eigenvalue weighted by Crippen LogP contribution is 2.34. The highest BCUT2D eigenvalue weighted by Gasteiger charge is 2.31. The van der Waals surface area contributed by atoms with Crippen LogP contribution in [0, 0.1) is 5.92 Å². The van der Waals surface area contributed by atoms with Gasteiger partial charge in [0.1, 0.15) is 0 Å². The molecule has 0 amide bonds. The molecule has 0 unspecified atom stereocenters. The second kappa shape index (κ2) is 6.79. The van der Waals surface area contributed by atoms with Crippen molar-refractivity contribution in [3.63, 3.8) is 0 Å². The van der Waals surface area contributed by atoms with Gasteiger partial charge in [-0.2, -0.15) is 18.3 Å². The van der Waals surface area contributed by atoms with Crippen molar-refractivity contribution in [2.45, 2.75) is 44.8 Å². The summed E-state index contributed by atoms with van der Waals surface area (Å²) in [4.78, 5) is 11.2. The van der Waals surface area contributed by atoms with Crippen molar-refractivity contribution in [2.24, 2.45) is 5.92 Å². The van der Waals surface area contributed by atoms with Crippen molar-refractivity contribution in [3.05, 3.63) is 41.7 Å². The highest BCUT2D eigenvalue weighted by atomic mass is 19.4. The number of aldehydes is 1. The average Bonchev–Trinajstić information content (AvgIpc) is 3.02. The van der Waals surface area contributed by atoms with E-state index in [-0.39, 0.29) is 11.1 Å². The molecule has 1 aromatic heterocycles. The molecule has 3 rings (SSSR count). The molecule has 3 nitrogen and oxygen atoms in total. The van der Waals surface area contributed by atoms with Crippen LogP contribution in [0.1, 0.15) is 48.0 Å². The van der Waals surface area contributed by atoms with Gasteiger partial charge in [-0.3, -0.25) is 9.48 Å². The Morgan fingerprint density at radius 1 is 1.21 bits per heavy atom. The van der Waals surface area contributed by atoms with E-state index < -0.39 is 11.7 Å². The van der Waals surface area contributed by atoms with Gasteiger partial charge < -0.3 is 0 Å². The van der Waals surface area contributed by atoms with Gasteiger partial charge in [-0.05, 0) is 36.5 Å². The van der Waals surface area contributed by atoms with E-state index in [1.165, 1.54) is 44.4 Å². The van der Waals surface area contributed by atoms with E-state index >= 15 is 0 Å². The fourth-order valence-corrected chi connectivity index (χ4v) is 3.32. The van der Waals surface area contributed by atoms with Crippen molar-refractivity contribution >= 4 is 6.29 Å². The number of hydrogen-bond acceptors (Lipinski definition) is 2. The minimum atomic E-state index is -4.44. The molecule has 1 aliphatic rings. The van der Waals surface area contributed by atoms with E-state index in [1.807, 2.05) is 0 Å². The van der Waals surface area contributed by atoms with Gasteiger partial charge >= 0.3 is 6.18 Å². The molecule has 0 aliphatic heterocycles. The zero-order chi connectivity index (χ0) is 17.2. The van der Waals surface area contributed by atoms with Crippen molar-refractivity contribution in [3.8, 4) is 11.1 Å². The standard InChI is InChI=1S/C18H19F3N2O/c19-18(20,21)16-7-6-14(12-24)17(8-16)15-9-22-23(11-15)10-13-4-2-1-3-5-13/h6-9,11-13H,1-5,10H2. The Morgan fingerprint density at radius 2 is 1.96 bits per heavy atom. The number of hydrogen-bond donors (Lipinski definition) is 0. The SMILES string of the molecule is O=Cc1ccc(C(F)(F)F)cc1-c1cnn(CC2CCCCC2)c1. The lowest BCUT2D eigenvalue weighted by atomic mass is 9.89. The predicted molar refractivity (Wildman–Crippen MR) is 84.6 cm³/mol. The number of aromatic nitrogens is 2. The fourth-order valence-electron chi connectivity index (χ4n) is 3.32. The lowest BCUT2D eigenvalue weighted by Crippen LogP contribution is -2.14. The normalized spacial score (nSPS) is 16.3. The van der Waals surface area contributed by atoms with Crippen LogP contribution >= 0.6 is 0 Å². The Morgan fingerprint density at radius 3 is 2.62 bits per heavy atom. The molecule has 24 heavy (non-hydrogen) atoms. The van der Waals surface area contributed by atoms with Crippen LogP contribution < -0.4 is 0 Å². The first-order chi connectivity index (χ1) is 11.5. The first-order valence-corrected chi connectivity index (χ1v) is 8.16. The van der Waals surface area contributed by atoms with Crippen LogP contribution in [0.4, 0.5) is 13.2 Å². The van der Waals surface area contributed by atoms with Crippen LogP contribution in [0.5, 0.6) is 0 Å². The Hall–Kier alpha value is -2.11. The van der Waals surface area contributed by atoms with Crippen LogP contribution in [-0.2, 0) is 12.7 Å². The highest BCUT2D eigenvalue weighted by molar-refractivity contribution is 5.87. The number of carbonyl (C=O) groups excluding carboxylic acids is 1. The number of nitrogens with zero attached hydrogens (tertiary/aromatic N) is 2. The summed E-state index contributed by atoms with van der Waals surface area (Å²) < 4.78 is 40.6. The predicted octanol–water partition coefficient (Wildman–Crippen LogP) is 4.96. The molecule has 1 aliphatic carbocycles. The third-order valence-electron chi connectivity index (χ3n) is 4.62. The number of carbonyl (C=O) groups is 1. The average molecular weight is 336 g/mol. The summed E-state index contributed by atoms with van der Waals surface area (Å²) >= 11 is 0. The summed E-state index contributed by atoms with van der Waals surface area (Å²) in [7, 11) is 0. The van der Waals surface area contributed by atoms with Crippen LogP contribution in [-0.4, -0.2) is 16.1 Å². The number of halogens is 3. The van der Waals surface area contributed by atoms with Crippen LogP contribution in [0.2, 0.25) is 0 Å². The first-order valence-electron chi connectivity index (χ1n) is 8.16. The molecule has 6 heteroatoms. The van der Waals surface area contributed by atoms with Gasteiger partial charge in [-0.25, -0.2) is 0 Å². The quantitative estimate of drug-likeness (QED) is 0.740. The third kappa shape index (κ3) is 3.68. The smallest absolute Gasteiger partial charge is 0.298 e. The van der Waals surface area contributed by atoms with Crippen molar-refractivity contribution in [1.29, 1.82) is 0 Å². The topological polar surface area (TPSA) is 34.9 Å². The van der Waals surface area contributed by atoms with Gasteiger partial charge in [0.2, 0.25) is 0 Å². The van der Waals surface area contributed by atoms with E-state index in [0.29, 0.717) is 17.8 Å². The van der Waals surface area contributed by atoms with E-state index in [0.717, 1.165) is 18.7 Å². The van der Waals surface area contributed by atoms with E-state index in [4.69, 9.17) is 0 Å². The maximum atomic E-state index is 12.9. The molecule has 1 fully saturated rings. The second-order valence-corrected chi connectivity index (χ2v) is 6.37. The maximum absolute atomic E-state index is 12.9. The summed E-state index contributed by atoms with van der Waals surface area (Å²) in [6.07, 6.45) is 5.46.